The molecule has 3 rings (SSSR count). The van der Waals surface area contributed by atoms with Crippen molar-refractivity contribution in [3.8, 4) is 0 Å². The van der Waals surface area contributed by atoms with Gasteiger partial charge in [-0.3, -0.25) is 4.79 Å². The van der Waals surface area contributed by atoms with E-state index in [4.69, 9.17) is 0 Å². The van der Waals surface area contributed by atoms with Crippen molar-refractivity contribution in [2.45, 2.75) is 11.3 Å². The molecule has 0 bridgehead atoms. The summed E-state index contributed by atoms with van der Waals surface area (Å²) in [6, 6.07) is 16.0. The van der Waals surface area contributed by atoms with E-state index in [1.807, 2.05) is 48.5 Å². The average molecular weight is 378 g/mol. The fourth-order valence-electron chi connectivity index (χ4n) is 1.91. The Kier molecular flexibility index (Phi) is 4.73. The number of carbonyl (C=O) groups excluding carboxylic acids is 1. The minimum absolute atomic E-state index is 0.210. The van der Waals surface area contributed by atoms with Crippen LogP contribution in [0.1, 0.15) is 5.01 Å². The molecule has 0 N–H and O–H groups in total. The fourth-order valence-corrected chi connectivity index (χ4v) is 3.93. The number of thiazole rings is 1. The molecule has 0 aliphatic carbocycles. The summed E-state index contributed by atoms with van der Waals surface area (Å²) in [5.41, 5.74) is 0.978. The number of aromatic nitrogens is 1. The summed E-state index contributed by atoms with van der Waals surface area (Å²) in [4.78, 5) is 17.7. The number of nitrogens with zero attached hydrogens (tertiary/aromatic N) is 1. The lowest BCUT2D eigenvalue weighted by Gasteiger charge is -2.00. The topological polar surface area (TPSA) is 30.0 Å². The Hall–Kier alpha value is -1.17. The van der Waals surface area contributed by atoms with Crippen LogP contribution in [-0.2, 0) is 11.2 Å². The Morgan fingerprint density at radius 2 is 1.90 bits per heavy atom. The van der Waals surface area contributed by atoms with E-state index in [0.717, 1.165) is 24.6 Å². The van der Waals surface area contributed by atoms with Gasteiger partial charge >= 0.3 is 0 Å². The number of hydrogen-bond donors (Lipinski definition) is 0. The Labute approximate surface area is 139 Å². The van der Waals surface area contributed by atoms with E-state index in [-0.39, 0.29) is 5.78 Å². The van der Waals surface area contributed by atoms with E-state index < -0.39 is 0 Å². The Morgan fingerprint density at radius 1 is 1.14 bits per heavy atom. The van der Waals surface area contributed by atoms with Gasteiger partial charge in [-0.25, -0.2) is 4.98 Å². The molecule has 0 unspecified atom stereocenters. The summed E-state index contributed by atoms with van der Waals surface area (Å²) in [5.74, 6) is 0.694. The van der Waals surface area contributed by atoms with Crippen LogP contribution in [0.25, 0.3) is 10.2 Å². The zero-order valence-corrected chi connectivity index (χ0v) is 14.3. The second-order valence-electron chi connectivity index (χ2n) is 4.53. The predicted octanol–water partition coefficient (Wildman–Crippen LogP) is 4.96. The van der Waals surface area contributed by atoms with Gasteiger partial charge in [-0.1, -0.05) is 28.1 Å². The maximum Gasteiger partial charge on any atom is 0.149 e. The van der Waals surface area contributed by atoms with Gasteiger partial charge in [0.15, 0.2) is 0 Å². The smallest absolute Gasteiger partial charge is 0.149 e. The van der Waals surface area contributed by atoms with Gasteiger partial charge in [0.25, 0.3) is 0 Å². The van der Waals surface area contributed by atoms with Gasteiger partial charge in [-0.2, -0.15) is 0 Å². The van der Waals surface area contributed by atoms with Crippen molar-refractivity contribution in [1.82, 2.24) is 4.98 Å². The number of fused-ring (bicyclic) bond motifs is 1. The molecular formula is C16H12BrNOS2. The van der Waals surface area contributed by atoms with E-state index >= 15 is 0 Å². The van der Waals surface area contributed by atoms with Crippen LogP contribution in [0.15, 0.2) is 57.9 Å². The maximum atomic E-state index is 12.1. The fraction of sp³-hybridized carbons (Fsp3) is 0.125. The third-order valence-corrected chi connectivity index (χ3v) is 5.54. The lowest BCUT2D eigenvalue weighted by Crippen LogP contribution is -2.05. The molecule has 0 aliphatic heterocycles. The number of carbonyl (C=O) groups is 1. The van der Waals surface area contributed by atoms with Crippen molar-refractivity contribution in [2.75, 3.05) is 5.75 Å². The van der Waals surface area contributed by atoms with E-state index in [1.165, 1.54) is 0 Å². The molecular weight excluding hydrogens is 366 g/mol. The van der Waals surface area contributed by atoms with Crippen molar-refractivity contribution in [1.29, 1.82) is 0 Å². The number of Topliss-reactive ketones (excluding diaryl/α,β-unsaturated/α-hetero) is 1. The molecule has 106 valence electrons. The first kappa shape index (κ1) is 14.8. The van der Waals surface area contributed by atoms with Gasteiger partial charge in [0, 0.05) is 9.37 Å². The van der Waals surface area contributed by atoms with Crippen molar-refractivity contribution in [2.24, 2.45) is 0 Å². The first-order chi connectivity index (χ1) is 10.2. The van der Waals surface area contributed by atoms with E-state index in [0.29, 0.717) is 12.2 Å². The zero-order chi connectivity index (χ0) is 14.7. The van der Waals surface area contributed by atoms with E-state index in [1.54, 1.807) is 23.1 Å². The predicted molar refractivity (Wildman–Crippen MR) is 93.2 cm³/mol. The van der Waals surface area contributed by atoms with Crippen LogP contribution < -0.4 is 0 Å². The van der Waals surface area contributed by atoms with Crippen LogP contribution in [0.4, 0.5) is 0 Å². The molecule has 0 radical (unpaired) electrons. The molecule has 2 aromatic carbocycles. The summed E-state index contributed by atoms with van der Waals surface area (Å²) in [6.07, 6.45) is 0.420. The highest BCUT2D eigenvalue weighted by Crippen LogP contribution is 2.24. The molecule has 0 saturated heterocycles. The highest BCUT2D eigenvalue weighted by atomic mass is 79.9. The van der Waals surface area contributed by atoms with Gasteiger partial charge in [0.2, 0.25) is 0 Å². The standard InChI is InChI=1S/C16H12BrNOS2/c17-11-5-7-13(8-6-11)20-10-12(19)9-16-18-14-3-1-2-4-15(14)21-16/h1-8H,9-10H2. The third kappa shape index (κ3) is 3.93. The van der Waals surface area contributed by atoms with Crippen molar-refractivity contribution in [3.05, 3.63) is 58.0 Å². The molecule has 0 saturated carbocycles. The van der Waals surface area contributed by atoms with Crippen LogP contribution in [-0.4, -0.2) is 16.5 Å². The Morgan fingerprint density at radius 3 is 2.67 bits per heavy atom. The summed E-state index contributed by atoms with van der Waals surface area (Å²) < 4.78 is 2.19. The van der Waals surface area contributed by atoms with E-state index in [2.05, 4.69) is 20.9 Å². The van der Waals surface area contributed by atoms with Crippen LogP contribution in [0.5, 0.6) is 0 Å². The minimum atomic E-state index is 0.210. The first-order valence-corrected chi connectivity index (χ1v) is 9.05. The van der Waals surface area contributed by atoms with Crippen LogP contribution in [0.3, 0.4) is 0 Å². The minimum Gasteiger partial charge on any atom is -0.298 e. The molecule has 5 heteroatoms. The number of para-hydroxylation sites is 1. The highest BCUT2D eigenvalue weighted by molar-refractivity contribution is 9.10. The summed E-state index contributed by atoms with van der Waals surface area (Å²) in [6.45, 7) is 0. The second kappa shape index (κ2) is 6.73. The van der Waals surface area contributed by atoms with Crippen LogP contribution >= 0.6 is 39.0 Å². The largest absolute Gasteiger partial charge is 0.298 e. The molecule has 3 aromatic rings. The molecule has 2 nitrogen and oxygen atoms in total. The SMILES string of the molecule is O=C(CSc1ccc(Br)cc1)Cc1nc2ccccc2s1. The number of rotatable bonds is 5. The van der Waals surface area contributed by atoms with Gasteiger partial charge in [0.1, 0.15) is 10.8 Å². The van der Waals surface area contributed by atoms with Crippen LogP contribution in [0.2, 0.25) is 0 Å². The lowest BCUT2D eigenvalue weighted by atomic mass is 10.3. The molecule has 0 amide bonds. The molecule has 1 aromatic heterocycles. The first-order valence-electron chi connectivity index (χ1n) is 6.45. The lowest BCUT2D eigenvalue weighted by molar-refractivity contribution is -0.115. The van der Waals surface area contributed by atoms with E-state index in [9.17, 15) is 4.79 Å². The van der Waals surface area contributed by atoms with Crippen molar-refractivity contribution in [3.63, 3.8) is 0 Å². The second-order valence-corrected chi connectivity index (χ2v) is 7.61. The molecule has 0 fully saturated rings. The van der Waals surface area contributed by atoms with Crippen LogP contribution in [0, 0.1) is 0 Å². The van der Waals surface area contributed by atoms with Gasteiger partial charge in [-0.05, 0) is 36.4 Å². The van der Waals surface area contributed by atoms with Crippen molar-refractivity contribution < 1.29 is 4.79 Å². The monoisotopic (exact) mass is 377 g/mol. The number of hydrogen-bond acceptors (Lipinski definition) is 4. The van der Waals surface area contributed by atoms with Gasteiger partial charge < -0.3 is 0 Å². The van der Waals surface area contributed by atoms with Crippen molar-refractivity contribution >= 4 is 55.0 Å². The van der Waals surface area contributed by atoms with Gasteiger partial charge in [-0.15, -0.1) is 23.1 Å². The zero-order valence-electron chi connectivity index (χ0n) is 11.1. The summed E-state index contributed by atoms with van der Waals surface area (Å²) >= 11 is 6.58. The number of ketones is 1. The molecule has 0 atom stereocenters. The third-order valence-electron chi connectivity index (χ3n) is 2.90. The molecule has 0 spiro atoms. The Bertz CT molecular complexity index is 734. The number of benzene rings is 2. The maximum absolute atomic E-state index is 12.1. The molecule has 21 heavy (non-hydrogen) atoms. The summed E-state index contributed by atoms with van der Waals surface area (Å²) in [7, 11) is 0. The molecule has 1 heterocycles. The summed E-state index contributed by atoms with van der Waals surface area (Å²) in [5, 5.41) is 0.901. The van der Waals surface area contributed by atoms with Gasteiger partial charge in [0.05, 0.1) is 22.4 Å². The Balaban J connectivity index is 1.59. The normalized spacial score (nSPS) is 10.9. The quantitative estimate of drug-likeness (QED) is 0.588. The number of thioether (sulfide) groups is 1. The molecule has 0 aliphatic rings. The average Bonchev–Trinajstić information content (AvgIpc) is 2.88. The number of halogens is 1. The highest BCUT2D eigenvalue weighted by Gasteiger charge is 2.09.